The molecule has 0 aliphatic rings. The molecule has 0 bridgehead atoms. The lowest BCUT2D eigenvalue weighted by Crippen LogP contribution is -2.09. The van der Waals surface area contributed by atoms with Crippen LogP contribution in [0.25, 0.3) is 6.08 Å². The maximum Gasteiger partial charge on any atom is 0.248 e. The van der Waals surface area contributed by atoms with E-state index >= 15 is 0 Å². The summed E-state index contributed by atoms with van der Waals surface area (Å²) in [5.74, 6) is -0.106. The highest BCUT2D eigenvalue weighted by atomic mass is 19.1. The third-order valence-corrected chi connectivity index (χ3v) is 2.82. The Hall–Kier alpha value is -2.82. The summed E-state index contributed by atoms with van der Waals surface area (Å²) < 4.78 is 18.1. The van der Waals surface area contributed by atoms with Crippen LogP contribution in [0, 0.1) is 5.82 Å². The van der Waals surface area contributed by atoms with Crippen molar-refractivity contribution in [2.24, 2.45) is 0 Å². The molecule has 3 N–H and O–H groups in total. The van der Waals surface area contributed by atoms with Crippen molar-refractivity contribution in [1.29, 1.82) is 0 Å². The van der Waals surface area contributed by atoms with Crippen molar-refractivity contribution in [3.63, 3.8) is 0 Å². The number of nitrogen functional groups attached to an aromatic ring is 1. The van der Waals surface area contributed by atoms with E-state index < -0.39 is 5.82 Å². The monoisotopic (exact) mass is 286 g/mol. The van der Waals surface area contributed by atoms with Crippen molar-refractivity contribution in [3.05, 3.63) is 59.9 Å². The number of nitrogens with two attached hydrogens (primary N) is 1. The predicted molar refractivity (Wildman–Crippen MR) is 81.5 cm³/mol. The van der Waals surface area contributed by atoms with Gasteiger partial charge in [-0.3, -0.25) is 4.79 Å². The highest BCUT2D eigenvalue weighted by Gasteiger charge is 2.03. The fraction of sp³-hybridized carbons (Fsp3) is 0.0625. The molecule has 0 aliphatic heterocycles. The molecule has 0 aliphatic carbocycles. The lowest BCUT2D eigenvalue weighted by atomic mass is 10.2. The Labute approximate surface area is 122 Å². The van der Waals surface area contributed by atoms with Crippen LogP contribution in [0.5, 0.6) is 5.75 Å². The van der Waals surface area contributed by atoms with E-state index in [1.165, 1.54) is 24.3 Å². The van der Waals surface area contributed by atoms with Gasteiger partial charge in [0.15, 0.2) is 0 Å². The standard InChI is InChI=1S/C16H15FN2O2/c1-21-13-6-2-11(3-7-13)4-9-16(20)19-15-10-12(17)5-8-14(15)18/h2-10H,18H2,1H3,(H,19,20). The Balaban J connectivity index is 2.03. The van der Waals surface area contributed by atoms with Crippen molar-refractivity contribution in [2.45, 2.75) is 0 Å². The lowest BCUT2D eigenvalue weighted by Gasteiger charge is -2.05. The Kier molecular flexibility index (Phi) is 4.56. The summed E-state index contributed by atoms with van der Waals surface area (Å²) in [5.41, 5.74) is 7.06. The molecule has 0 unspecified atom stereocenters. The normalized spacial score (nSPS) is 10.6. The van der Waals surface area contributed by atoms with Gasteiger partial charge in [0.1, 0.15) is 11.6 Å². The summed E-state index contributed by atoms with van der Waals surface area (Å²) in [4.78, 5) is 11.8. The number of nitrogens with one attached hydrogen (secondary N) is 1. The van der Waals surface area contributed by atoms with Crippen LogP contribution in [0.1, 0.15) is 5.56 Å². The second kappa shape index (κ2) is 6.56. The van der Waals surface area contributed by atoms with Crippen LogP contribution >= 0.6 is 0 Å². The molecular formula is C16H15FN2O2. The quantitative estimate of drug-likeness (QED) is 0.670. The number of anilines is 2. The Morgan fingerprint density at radius 1 is 1.24 bits per heavy atom. The third-order valence-electron chi connectivity index (χ3n) is 2.82. The van der Waals surface area contributed by atoms with Gasteiger partial charge in [0.2, 0.25) is 5.91 Å². The van der Waals surface area contributed by atoms with E-state index in [2.05, 4.69) is 5.32 Å². The number of hydrogen-bond acceptors (Lipinski definition) is 3. The first kappa shape index (κ1) is 14.6. The van der Waals surface area contributed by atoms with Crippen LogP contribution in [0.2, 0.25) is 0 Å². The molecule has 0 saturated carbocycles. The molecule has 2 aromatic rings. The van der Waals surface area contributed by atoms with Gasteiger partial charge in [-0.15, -0.1) is 0 Å². The van der Waals surface area contributed by atoms with Crippen LogP contribution in [0.4, 0.5) is 15.8 Å². The van der Waals surface area contributed by atoms with E-state index in [1.54, 1.807) is 25.3 Å². The predicted octanol–water partition coefficient (Wildman–Crippen LogP) is 3.07. The lowest BCUT2D eigenvalue weighted by molar-refractivity contribution is -0.111. The summed E-state index contributed by atoms with van der Waals surface area (Å²) in [7, 11) is 1.59. The molecule has 0 spiro atoms. The van der Waals surface area contributed by atoms with Crippen LogP contribution in [-0.4, -0.2) is 13.0 Å². The van der Waals surface area contributed by atoms with Gasteiger partial charge in [-0.1, -0.05) is 12.1 Å². The van der Waals surface area contributed by atoms with E-state index in [-0.39, 0.29) is 11.6 Å². The van der Waals surface area contributed by atoms with Gasteiger partial charge < -0.3 is 15.8 Å². The molecule has 2 aromatic carbocycles. The van der Waals surface area contributed by atoms with E-state index in [0.29, 0.717) is 5.69 Å². The molecular weight excluding hydrogens is 271 g/mol. The molecule has 4 nitrogen and oxygen atoms in total. The number of ether oxygens (including phenoxy) is 1. The Bertz CT molecular complexity index is 666. The molecule has 0 aromatic heterocycles. The topological polar surface area (TPSA) is 64.3 Å². The summed E-state index contributed by atoms with van der Waals surface area (Å²) in [6, 6.07) is 11.0. The minimum absolute atomic E-state index is 0.249. The maximum absolute atomic E-state index is 13.1. The maximum atomic E-state index is 13.1. The fourth-order valence-corrected chi connectivity index (χ4v) is 1.70. The minimum Gasteiger partial charge on any atom is -0.497 e. The van der Waals surface area contributed by atoms with Gasteiger partial charge in [0.05, 0.1) is 18.5 Å². The number of carbonyl (C=O) groups is 1. The first-order valence-corrected chi connectivity index (χ1v) is 6.26. The summed E-state index contributed by atoms with van der Waals surface area (Å²) >= 11 is 0. The van der Waals surface area contributed by atoms with Gasteiger partial charge in [-0.25, -0.2) is 4.39 Å². The van der Waals surface area contributed by atoms with Gasteiger partial charge >= 0.3 is 0 Å². The number of halogens is 1. The van der Waals surface area contributed by atoms with Crippen molar-refractivity contribution in [2.75, 3.05) is 18.2 Å². The molecule has 108 valence electrons. The van der Waals surface area contributed by atoms with Crippen LogP contribution in [0.3, 0.4) is 0 Å². The largest absolute Gasteiger partial charge is 0.497 e. The van der Waals surface area contributed by atoms with Crippen LogP contribution in [0.15, 0.2) is 48.5 Å². The third kappa shape index (κ3) is 4.07. The second-order valence-electron chi connectivity index (χ2n) is 4.33. The second-order valence-corrected chi connectivity index (χ2v) is 4.33. The fourth-order valence-electron chi connectivity index (χ4n) is 1.70. The average molecular weight is 286 g/mol. The van der Waals surface area contributed by atoms with Crippen LogP contribution < -0.4 is 15.8 Å². The molecule has 0 radical (unpaired) electrons. The smallest absolute Gasteiger partial charge is 0.248 e. The first-order chi connectivity index (χ1) is 10.1. The number of hydrogen-bond donors (Lipinski definition) is 2. The Morgan fingerprint density at radius 2 is 1.95 bits per heavy atom. The van der Waals surface area contributed by atoms with Crippen molar-refractivity contribution < 1.29 is 13.9 Å². The zero-order valence-corrected chi connectivity index (χ0v) is 11.5. The average Bonchev–Trinajstić information content (AvgIpc) is 2.49. The van der Waals surface area contributed by atoms with Crippen molar-refractivity contribution in [1.82, 2.24) is 0 Å². The van der Waals surface area contributed by atoms with Gasteiger partial charge in [-0.05, 0) is 42.0 Å². The summed E-state index contributed by atoms with van der Waals surface area (Å²) in [6.07, 6.45) is 3.00. The van der Waals surface area contributed by atoms with Gasteiger partial charge in [-0.2, -0.15) is 0 Å². The molecule has 1 amide bonds. The zero-order valence-electron chi connectivity index (χ0n) is 11.5. The number of methoxy groups -OCH3 is 1. The number of benzene rings is 2. The summed E-state index contributed by atoms with van der Waals surface area (Å²) in [5, 5.41) is 2.53. The minimum atomic E-state index is -0.460. The van der Waals surface area contributed by atoms with Crippen molar-refractivity contribution in [3.8, 4) is 5.75 Å². The van der Waals surface area contributed by atoms with E-state index in [0.717, 1.165) is 11.3 Å². The molecule has 5 heteroatoms. The Morgan fingerprint density at radius 3 is 2.62 bits per heavy atom. The number of carbonyl (C=O) groups excluding carboxylic acids is 1. The zero-order chi connectivity index (χ0) is 15.2. The van der Waals surface area contributed by atoms with Crippen molar-refractivity contribution >= 4 is 23.4 Å². The van der Waals surface area contributed by atoms with Crippen LogP contribution in [-0.2, 0) is 4.79 Å². The molecule has 0 atom stereocenters. The van der Waals surface area contributed by atoms with E-state index in [9.17, 15) is 9.18 Å². The summed E-state index contributed by atoms with van der Waals surface area (Å²) in [6.45, 7) is 0. The molecule has 0 saturated heterocycles. The number of amides is 1. The number of rotatable bonds is 4. The van der Waals surface area contributed by atoms with Gasteiger partial charge in [0, 0.05) is 6.08 Å². The highest BCUT2D eigenvalue weighted by Crippen LogP contribution is 2.19. The highest BCUT2D eigenvalue weighted by molar-refractivity contribution is 6.03. The molecule has 2 rings (SSSR count). The SMILES string of the molecule is COc1ccc(C=CC(=O)Nc2cc(F)ccc2N)cc1. The van der Waals surface area contributed by atoms with E-state index in [4.69, 9.17) is 10.5 Å². The first-order valence-electron chi connectivity index (χ1n) is 6.26. The molecule has 0 heterocycles. The van der Waals surface area contributed by atoms with Gasteiger partial charge in [0.25, 0.3) is 0 Å². The van der Waals surface area contributed by atoms with E-state index in [1.807, 2.05) is 12.1 Å². The molecule has 0 fully saturated rings. The molecule has 21 heavy (non-hydrogen) atoms.